The predicted molar refractivity (Wildman–Crippen MR) is 81.6 cm³/mol. The number of sulfonamides is 1. The smallest absolute Gasteiger partial charge is 0.232 e. The molecule has 0 fully saturated rings. The standard InChI is InChI=1S/C14H13BrFNO2S/c1-20(18,19)17(14-8-6-13(16)7-9-14)10-11-2-4-12(15)5-3-11/h2-9H,10H2,1H3. The van der Waals surface area contributed by atoms with E-state index >= 15 is 0 Å². The molecule has 0 saturated carbocycles. The molecule has 0 radical (unpaired) electrons. The maximum atomic E-state index is 12.9. The molecule has 0 aliphatic rings. The van der Waals surface area contributed by atoms with Crippen molar-refractivity contribution in [3.05, 3.63) is 64.4 Å². The third kappa shape index (κ3) is 3.80. The number of hydrogen-bond acceptors (Lipinski definition) is 2. The lowest BCUT2D eigenvalue weighted by Crippen LogP contribution is -2.29. The lowest BCUT2D eigenvalue weighted by atomic mass is 10.2. The summed E-state index contributed by atoms with van der Waals surface area (Å²) in [4.78, 5) is 0. The van der Waals surface area contributed by atoms with Crippen molar-refractivity contribution in [3.63, 3.8) is 0 Å². The van der Waals surface area contributed by atoms with Crippen LogP contribution >= 0.6 is 15.9 Å². The first-order chi connectivity index (χ1) is 9.36. The van der Waals surface area contributed by atoms with Crippen LogP contribution in [-0.2, 0) is 16.6 Å². The van der Waals surface area contributed by atoms with Gasteiger partial charge in [-0.2, -0.15) is 0 Å². The molecule has 0 amide bonds. The van der Waals surface area contributed by atoms with Crippen LogP contribution in [0.1, 0.15) is 5.56 Å². The molecule has 0 unspecified atom stereocenters. The quantitative estimate of drug-likeness (QED) is 0.838. The van der Waals surface area contributed by atoms with Crippen molar-refractivity contribution in [1.82, 2.24) is 0 Å². The number of benzene rings is 2. The number of anilines is 1. The Kier molecular flexibility index (Phi) is 4.45. The highest BCUT2D eigenvalue weighted by Gasteiger charge is 2.17. The van der Waals surface area contributed by atoms with Gasteiger partial charge in [0.25, 0.3) is 0 Å². The summed E-state index contributed by atoms with van der Waals surface area (Å²) in [5, 5.41) is 0. The minimum atomic E-state index is -3.44. The number of nitrogens with zero attached hydrogens (tertiary/aromatic N) is 1. The third-order valence-electron chi connectivity index (χ3n) is 2.75. The topological polar surface area (TPSA) is 37.4 Å². The molecule has 2 aromatic rings. The van der Waals surface area contributed by atoms with Crippen molar-refractivity contribution in [2.24, 2.45) is 0 Å². The largest absolute Gasteiger partial charge is 0.266 e. The molecule has 0 aromatic heterocycles. The molecule has 0 N–H and O–H groups in total. The minimum Gasteiger partial charge on any atom is -0.266 e. The van der Waals surface area contributed by atoms with Crippen molar-refractivity contribution in [3.8, 4) is 0 Å². The van der Waals surface area contributed by atoms with E-state index in [9.17, 15) is 12.8 Å². The molecule has 0 saturated heterocycles. The van der Waals surface area contributed by atoms with Crippen LogP contribution in [0.3, 0.4) is 0 Å². The summed E-state index contributed by atoms with van der Waals surface area (Å²) in [6, 6.07) is 12.8. The summed E-state index contributed by atoms with van der Waals surface area (Å²) in [5.74, 6) is -0.397. The molecule has 2 aromatic carbocycles. The second kappa shape index (κ2) is 5.93. The monoisotopic (exact) mass is 357 g/mol. The van der Waals surface area contributed by atoms with Crippen LogP contribution in [0.2, 0.25) is 0 Å². The van der Waals surface area contributed by atoms with E-state index in [4.69, 9.17) is 0 Å². The van der Waals surface area contributed by atoms with Gasteiger partial charge in [-0.05, 0) is 42.0 Å². The maximum absolute atomic E-state index is 12.9. The van der Waals surface area contributed by atoms with Gasteiger partial charge in [0.15, 0.2) is 0 Å². The Bertz CT molecular complexity index is 684. The fraction of sp³-hybridized carbons (Fsp3) is 0.143. The van der Waals surface area contributed by atoms with E-state index in [1.807, 2.05) is 24.3 Å². The Hall–Kier alpha value is -1.40. The molecule has 3 nitrogen and oxygen atoms in total. The maximum Gasteiger partial charge on any atom is 0.232 e. The van der Waals surface area contributed by atoms with Crippen LogP contribution in [-0.4, -0.2) is 14.7 Å². The number of hydrogen-bond donors (Lipinski definition) is 0. The molecular formula is C14H13BrFNO2S. The van der Waals surface area contributed by atoms with Gasteiger partial charge in [0, 0.05) is 4.47 Å². The summed E-state index contributed by atoms with van der Waals surface area (Å²) < 4.78 is 38.9. The van der Waals surface area contributed by atoms with Crippen LogP contribution in [0.25, 0.3) is 0 Å². The van der Waals surface area contributed by atoms with E-state index in [0.717, 1.165) is 16.3 Å². The Balaban J connectivity index is 2.34. The molecule has 0 atom stereocenters. The van der Waals surface area contributed by atoms with Gasteiger partial charge < -0.3 is 0 Å². The summed E-state index contributed by atoms with van der Waals surface area (Å²) in [6.07, 6.45) is 1.13. The van der Waals surface area contributed by atoms with E-state index < -0.39 is 15.8 Å². The van der Waals surface area contributed by atoms with E-state index in [1.165, 1.54) is 28.6 Å². The second-order valence-corrected chi connectivity index (χ2v) is 7.20. The van der Waals surface area contributed by atoms with Crippen LogP contribution in [0.15, 0.2) is 53.0 Å². The molecule has 0 aliphatic carbocycles. The highest BCUT2D eigenvalue weighted by atomic mass is 79.9. The van der Waals surface area contributed by atoms with E-state index in [2.05, 4.69) is 15.9 Å². The number of halogens is 2. The zero-order valence-electron chi connectivity index (χ0n) is 10.8. The molecule has 0 heterocycles. The molecule has 20 heavy (non-hydrogen) atoms. The fourth-order valence-corrected chi connectivity index (χ4v) is 2.92. The Morgan fingerprint density at radius 1 is 1.05 bits per heavy atom. The van der Waals surface area contributed by atoms with Gasteiger partial charge in [-0.3, -0.25) is 4.31 Å². The minimum absolute atomic E-state index is 0.206. The molecule has 6 heteroatoms. The lowest BCUT2D eigenvalue weighted by Gasteiger charge is -2.22. The van der Waals surface area contributed by atoms with E-state index in [-0.39, 0.29) is 6.54 Å². The predicted octanol–water partition coefficient (Wildman–Crippen LogP) is 3.55. The van der Waals surface area contributed by atoms with Gasteiger partial charge >= 0.3 is 0 Å². The molecule has 0 spiro atoms. The first-order valence-corrected chi connectivity index (χ1v) is 8.48. The average Bonchev–Trinajstić information content (AvgIpc) is 2.38. The fourth-order valence-electron chi connectivity index (χ4n) is 1.76. The molecule has 0 bridgehead atoms. The zero-order valence-corrected chi connectivity index (χ0v) is 13.2. The van der Waals surface area contributed by atoms with Crippen LogP contribution < -0.4 is 4.31 Å². The Labute approximate surface area is 126 Å². The van der Waals surface area contributed by atoms with Gasteiger partial charge in [0.1, 0.15) is 5.82 Å². The van der Waals surface area contributed by atoms with Gasteiger partial charge in [-0.1, -0.05) is 28.1 Å². The van der Waals surface area contributed by atoms with Crippen LogP contribution in [0.5, 0.6) is 0 Å². The van der Waals surface area contributed by atoms with E-state index in [0.29, 0.717) is 5.69 Å². The second-order valence-electron chi connectivity index (χ2n) is 4.37. The SMILES string of the molecule is CS(=O)(=O)N(Cc1ccc(Br)cc1)c1ccc(F)cc1. The van der Waals surface area contributed by atoms with Crippen molar-refractivity contribution in [1.29, 1.82) is 0 Å². The molecular weight excluding hydrogens is 345 g/mol. The highest BCUT2D eigenvalue weighted by molar-refractivity contribution is 9.10. The lowest BCUT2D eigenvalue weighted by molar-refractivity contribution is 0.596. The normalized spacial score (nSPS) is 11.3. The van der Waals surface area contributed by atoms with Crippen molar-refractivity contribution >= 4 is 31.6 Å². The third-order valence-corrected chi connectivity index (χ3v) is 4.42. The highest BCUT2D eigenvalue weighted by Crippen LogP contribution is 2.21. The molecule has 106 valence electrons. The average molecular weight is 358 g/mol. The van der Waals surface area contributed by atoms with Gasteiger partial charge in [0.2, 0.25) is 10.0 Å². The summed E-state index contributed by atoms with van der Waals surface area (Å²) in [7, 11) is -3.44. The summed E-state index contributed by atoms with van der Waals surface area (Å²) in [5.41, 5.74) is 1.29. The zero-order chi connectivity index (χ0) is 14.8. The van der Waals surface area contributed by atoms with E-state index in [1.54, 1.807) is 0 Å². The molecule has 0 aliphatic heterocycles. The molecule has 2 rings (SSSR count). The first-order valence-electron chi connectivity index (χ1n) is 5.84. The summed E-state index contributed by atoms with van der Waals surface area (Å²) in [6.45, 7) is 0.206. The van der Waals surface area contributed by atoms with Crippen LogP contribution in [0, 0.1) is 5.82 Å². The number of rotatable bonds is 4. The van der Waals surface area contributed by atoms with Crippen molar-refractivity contribution in [2.45, 2.75) is 6.54 Å². The van der Waals surface area contributed by atoms with Gasteiger partial charge in [0.05, 0.1) is 18.5 Å². The Morgan fingerprint density at radius 2 is 1.60 bits per heavy atom. The summed E-state index contributed by atoms with van der Waals surface area (Å²) >= 11 is 3.33. The van der Waals surface area contributed by atoms with Gasteiger partial charge in [-0.15, -0.1) is 0 Å². The first kappa shape index (κ1) is 15.0. The Morgan fingerprint density at radius 3 is 2.10 bits per heavy atom. The van der Waals surface area contributed by atoms with Crippen LogP contribution in [0.4, 0.5) is 10.1 Å². The van der Waals surface area contributed by atoms with Gasteiger partial charge in [-0.25, -0.2) is 12.8 Å². The van der Waals surface area contributed by atoms with Crippen molar-refractivity contribution < 1.29 is 12.8 Å². The van der Waals surface area contributed by atoms with Crippen molar-refractivity contribution in [2.75, 3.05) is 10.6 Å².